The third-order valence-electron chi connectivity index (χ3n) is 3.02. The van der Waals surface area contributed by atoms with Gasteiger partial charge in [-0.15, -0.1) is 0 Å². The highest BCUT2D eigenvalue weighted by Crippen LogP contribution is 2.15. The quantitative estimate of drug-likeness (QED) is 0.674. The van der Waals surface area contributed by atoms with E-state index in [2.05, 4.69) is 27.5 Å². The first kappa shape index (κ1) is 15.7. The molecule has 19 heavy (non-hydrogen) atoms. The topological polar surface area (TPSA) is 70.1 Å². The van der Waals surface area contributed by atoms with Gasteiger partial charge in [0.15, 0.2) is 0 Å². The lowest BCUT2D eigenvalue weighted by Crippen LogP contribution is -2.32. The van der Waals surface area contributed by atoms with Gasteiger partial charge in [-0.1, -0.05) is 13.8 Å². The zero-order valence-electron chi connectivity index (χ0n) is 12.5. The highest BCUT2D eigenvalue weighted by Gasteiger charge is 2.17. The maximum Gasteiger partial charge on any atom is 0.133 e. The Morgan fingerprint density at radius 2 is 1.79 bits per heavy atom. The van der Waals surface area contributed by atoms with Crippen LogP contribution >= 0.6 is 0 Å². The number of aliphatic hydroxyl groups is 1. The summed E-state index contributed by atoms with van der Waals surface area (Å²) in [6, 6.07) is 1.88. The minimum absolute atomic E-state index is 0.484. The Kier molecular flexibility index (Phi) is 6.02. The van der Waals surface area contributed by atoms with Gasteiger partial charge in [0.05, 0.1) is 5.60 Å². The predicted molar refractivity (Wildman–Crippen MR) is 79.6 cm³/mol. The van der Waals surface area contributed by atoms with Crippen LogP contribution in [0.3, 0.4) is 0 Å². The van der Waals surface area contributed by atoms with Gasteiger partial charge in [0, 0.05) is 25.6 Å². The van der Waals surface area contributed by atoms with Crippen molar-refractivity contribution in [2.24, 2.45) is 0 Å². The van der Waals surface area contributed by atoms with E-state index in [0.717, 1.165) is 36.8 Å². The van der Waals surface area contributed by atoms with Gasteiger partial charge in [-0.25, -0.2) is 9.97 Å². The molecule has 0 radical (unpaired) electrons. The zero-order chi connectivity index (χ0) is 14.3. The average molecular weight is 266 g/mol. The number of aromatic nitrogens is 2. The molecule has 0 fully saturated rings. The molecule has 0 saturated heterocycles. The number of aryl methyl sites for hydroxylation is 1. The first-order valence-corrected chi connectivity index (χ1v) is 7.08. The van der Waals surface area contributed by atoms with E-state index in [1.165, 1.54) is 0 Å². The number of nitrogens with one attached hydrogen (secondary N) is 2. The number of hydrogen-bond donors (Lipinski definition) is 3. The van der Waals surface area contributed by atoms with Crippen LogP contribution in [-0.4, -0.2) is 33.8 Å². The number of hydrogen-bond acceptors (Lipinski definition) is 5. The summed E-state index contributed by atoms with van der Waals surface area (Å²) in [5.74, 6) is 2.43. The van der Waals surface area contributed by atoms with Crippen LogP contribution in [0.15, 0.2) is 6.07 Å². The SMILES string of the molecule is CCCc1nc(NCC)cc(NCC(C)(O)CC)n1. The summed E-state index contributed by atoms with van der Waals surface area (Å²) < 4.78 is 0. The van der Waals surface area contributed by atoms with Gasteiger partial charge >= 0.3 is 0 Å². The molecule has 5 nitrogen and oxygen atoms in total. The lowest BCUT2D eigenvalue weighted by Gasteiger charge is -2.22. The molecule has 1 atom stereocenters. The predicted octanol–water partition coefficient (Wildman–Crippen LogP) is 2.43. The van der Waals surface area contributed by atoms with Crippen LogP contribution in [0, 0.1) is 0 Å². The number of nitrogens with zero attached hydrogens (tertiary/aromatic N) is 2. The smallest absolute Gasteiger partial charge is 0.133 e. The molecule has 0 aliphatic carbocycles. The van der Waals surface area contributed by atoms with Crippen LogP contribution in [0.4, 0.5) is 11.6 Å². The molecule has 5 heteroatoms. The van der Waals surface area contributed by atoms with Gasteiger partial charge in [0.2, 0.25) is 0 Å². The Morgan fingerprint density at radius 3 is 2.32 bits per heavy atom. The molecule has 3 N–H and O–H groups in total. The van der Waals surface area contributed by atoms with E-state index in [1.807, 2.05) is 26.8 Å². The number of rotatable bonds is 8. The van der Waals surface area contributed by atoms with E-state index in [-0.39, 0.29) is 0 Å². The standard InChI is InChI=1S/C14H26N4O/c1-5-8-11-17-12(15-7-3)9-13(18-11)16-10-14(4,19)6-2/h9,19H,5-8,10H2,1-4H3,(H2,15,16,17,18). The van der Waals surface area contributed by atoms with Gasteiger partial charge in [0.1, 0.15) is 17.5 Å². The molecule has 1 heterocycles. The largest absolute Gasteiger partial charge is 0.388 e. The van der Waals surface area contributed by atoms with Crippen molar-refractivity contribution in [3.63, 3.8) is 0 Å². The molecule has 0 aliphatic heterocycles. The van der Waals surface area contributed by atoms with E-state index in [1.54, 1.807) is 0 Å². The highest BCUT2D eigenvalue weighted by molar-refractivity contribution is 5.47. The van der Waals surface area contributed by atoms with E-state index in [4.69, 9.17) is 0 Å². The van der Waals surface area contributed by atoms with Crippen molar-refractivity contribution in [2.45, 2.75) is 52.6 Å². The molecule has 0 amide bonds. The van der Waals surface area contributed by atoms with Crippen LogP contribution < -0.4 is 10.6 Å². The second-order valence-electron chi connectivity index (χ2n) is 5.04. The van der Waals surface area contributed by atoms with Gasteiger partial charge in [-0.05, 0) is 26.7 Å². The first-order chi connectivity index (χ1) is 9.00. The van der Waals surface area contributed by atoms with Crippen LogP contribution in [0.1, 0.15) is 46.4 Å². The van der Waals surface area contributed by atoms with Crippen molar-refractivity contribution in [3.05, 3.63) is 11.9 Å². The van der Waals surface area contributed by atoms with E-state index in [0.29, 0.717) is 13.0 Å². The molecule has 1 unspecified atom stereocenters. The Morgan fingerprint density at radius 1 is 1.16 bits per heavy atom. The lowest BCUT2D eigenvalue weighted by molar-refractivity contribution is 0.0696. The van der Waals surface area contributed by atoms with Crippen molar-refractivity contribution >= 4 is 11.6 Å². The third-order valence-corrected chi connectivity index (χ3v) is 3.02. The van der Waals surface area contributed by atoms with Gasteiger partial charge in [-0.3, -0.25) is 0 Å². The summed E-state index contributed by atoms with van der Waals surface area (Å²) in [5, 5.41) is 16.4. The van der Waals surface area contributed by atoms with Gasteiger partial charge in [0.25, 0.3) is 0 Å². The molecule has 0 aliphatic rings. The Bertz CT molecular complexity index is 369. The van der Waals surface area contributed by atoms with E-state index < -0.39 is 5.60 Å². The molecule has 0 saturated carbocycles. The van der Waals surface area contributed by atoms with Crippen LogP contribution in [0.5, 0.6) is 0 Å². The van der Waals surface area contributed by atoms with Crippen LogP contribution in [0.2, 0.25) is 0 Å². The summed E-state index contributed by atoms with van der Waals surface area (Å²) in [5.41, 5.74) is -0.714. The minimum atomic E-state index is -0.714. The normalized spacial score (nSPS) is 13.9. The molecule has 1 aromatic rings. The monoisotopic (exact) mass is 266 g/mol. The van der Waals surface area contributed by atoms with Crippen molar-refractivity contribution in [1.82, 2.24) is 9.97 Å². The molecule has 0 spiro atoms. The third kappa shape index (κ3) is 5.42. The minimum Gasteiger partial charge on any atom is -0.388 e. The van der Waals surface area contributed by atoms with Crippen molar-refractivity contribution in [1.29, 1.82) is 0 Å². The summed E-state index contributed by atoms with van der Waals surface area (Å²) in [6.07, 6.45) is 2.58. The lowest BCUT2D eigenvalue weighted by atomic mass is 10.0. The second kappa shape index (κ2) is 7.28. The fraction of sp³-hybridized carbons (Fsp3) is 0.714. The molecule has 1 aromatic heterocycles. The van der Waals surface area contributed by atoms with Crippen molar-refractivity contribution < 1.29 is 5.11 Å². The summed E-state index contributed by atoms with van der Waals surface area (Å²) >= 11 is 0. The molecule has 0 bridgehead atoms. The maximum absolute atomic E-state index is 10.0. The highest BCUT2D eigenvalue weighted by atomic mass is 16.3. The summed E-state index contributed by atoms with van der Waals surface area (Å²) in [4.78, 5) is 8.92. The summed E-state index contributed by atoms with van der Waals surface area (Å²) in [6.45, 7) is 9.24. The molecule has 108 valence electrons. The fourth-order valence-electron chi connectivity index (χ4n) is 1.60. The maximum atomic E-state index is 10.0. The van der Waals surface area contributed by atoms with Gasteiger partial charge < -0.3 is 15.7 Å². The Balaban J connectivity index is 2.80. The van der Waals surface area contributed by atoms with E-state index in [9.17, 15) is 5.11 Å². The molecular weight excluding hydrogens is 240 g/mol. The zero-order valence-corrected chi connectivity index (χ0v) is 12.5. The summed E-state index contributed by atoms with van der Waals surface area (Å²) in [7, 11) is 0. The van der Waals surface area contributed by atoms with Crippen LogP contribution in [0.25, 0.3) is 0 Å². The average Bonchev–Trinajstić information content (AvgIpc) is 2.37. The molecular formula is C14H26N4O. The fourth-order valence-corrected chi connectivity index (χ4v) is 1.60. The number of anilines is 2. The molecule has 0 aromatic carbocycles. The second-order valence-corrected chi connectivity index (χ2v) is 5.04. The van der Waals surface area contributed by atoms with E-state index >= 15 is 0 Å². The molecule has 1 rings (SSSR count). The van der Waals surface area contributed by atoms with Gasteiger partial charge in [-0.2, -0.15) is 0 Å². The Labute approximate surface area is 115 Å². The Hall–Kier alpha value is -1.36. The van der Waals surface area contributed by atoms with Crippen molar-refractivity contribution in [2.75, 3.05) is 23.7 Å². The first-order valence-electron chi connectivity index (χ1n) is 7.08. The van der Waals surface area contributed by atoms with Crippen LogP contribution in [-0.2, 0) is 6.42 Å². The van der Waals surface area contributed by atoms with Crippen molar-refractivity contribution in [3.8, 4) is 0 Å².